The van der Waals surface area contributed by atoms with Crippen LogP contribution in [-0.2, 0) is 13.0 Å². The summed E-state index contributed by atoms with van der Waals surface area (Å²) < 4.78 is 0. The minimum Gasteiger partial charge on any atom is -0.390 e. The molecule has 1 unspecified atom stereocenters. The number of rotatable bonds is 5. The lowest BCUT2D eigenvalue weighted by Gasteiger charge is -2.30. The molecule has 0 fully saturated rings. The second kappa shape index (κ2) is 8.29. The van der Waals surface area contributed by atoms with Crippen LogP contribution >= 0.6 is 0 Å². The van der Waals surface area contributed by atoms with E-state index in [1.165, 1.54) is 11.1 Å². The number of carbonyl (C=O) groups excluding carboxylic acids is 1. The number of nitrogens with one attached hydrogen (secondary N) is 2. The van der Waals surface area contributed by atoms with Crippen LogP contribution in [0.2, 0.25) is 0 Å². The molecule has 0 aliphatic carbocycles. The molecule has 3 N–H and O–H groups in total. The number of hydrogen-bond donors (Lipinski definition) is 3. The summed E-state index contributed by atoms with van der Waals surface area (Å²) >= 11 is 0. The largest absolute Gasteiger partial charge is 0.390 e. The number of aliphatic hydroxyl groups is 1. The summed E-state index contributed by atoms with van der Waals surface area (Å²) in [6, 6.07) is 17.3. The van der Waals surface area contributed by atoms with Gasteiger partial charge in [-0.25, -0.2) is 0 Å². The minimum atomic E-state index is -0.662. The fourth-order valence-electron chi connectivity index (χ4n) is 3.49. The van der Waals surface area contributed by atoms with Crippen LogP contribution in [0.5, 0.6) is 0 Å². The predicted octanol–water partition coefficient (Wildman–Crippen LogP) is 1.95. The minimum absolute atomic E-state index is 0.0792. The van der Waals surface area contributed by atoms with Crippen LogP contribution in [0.3, 0.4) is 0 Å². The summed E-state index contributed by atoms with van der Waals surface area (Å²) in [5.74, 6) is -0.209. The van der Waals surface area contributed by atoms with E-state index in [0.717, 1.165) is 24.1 Å². The van der Waals surface area contributed by atoms with Crippen molar-refractivity contribution in [3.05, 3.63) is 83.7 Å². The first kappa shape index (κ1) is 18.3. The van der Waals surface area contributed by atoms with E-state index in [1.54, 1.807) is 18.5 Å². The van der Waals surface area contributed by atoms with Gasteiger partial charge in [0.1, 0.15) is 0 Å². The van der Waals surface area contributed by atoms with E-state index in [0.29, 0.717) is 5.56 Å². The highest BCUT2D eigenvalue weighted by Gasteiger charge is 2.24. The average Bonchev–Trinajstić information content (AvgIpc) is 2.77. The van der Waals surface area contributed by atoms with Crippen molar-refractivity contribution in [3.63, 3.8) is 0 Å². The Kier molecular flexibility index (Phi) is 5.41. The molecule has 1 aliphatic rings. The number of aromatic nitrogens is 2. The van der Waals surface area contributed by atoms with E-state index < -0.39 is 6.10 Å². The van der Waals surface area contributed by atoms with Crippen molar-refractivity contribution in [2.45, 2.75) is 25.1 Å². The summed E-state index contributed by atoms with van der Waals surface area (Å²) in [6.07, 6.45) is 3.36. The van der Waals surface area contributed by atoms with Gasteiger partial charge in [0.15, 0.2) is 0 Å². The van der Waals surface area contributed by atoms with E-state index in [-0.39, 0.29) is 18.5 Å². The highest BCUT2D eigenvalue weighted by Crippen LogP contribution is 2.19. The number of fused-ring (bicyclic) bond motifs is 1. The first-order valence-corrected chi connectivity index (χ1v) is 9.34. The third-order valence-electron chi connectivity index (χ3n) is 5.09. The standard InChI is InChI=1S/C22H22N4O2/c27-21(20-11-16-4-1-2-5-18(16)12-23-20)14-24-22(28)17-7-3-6-15(10-17)19-8-9-25-26-13-19/h1-10,13,20-21,23,27H,11-12,14H2,(H,24,28)/t20-,21?/m0/s1. The van der Waals surface area contributed by atoms with Crippen molar-refractivity contribution < 1.29 is 9.90 Å². The molecule has 0 spiro atoms. The Hall–Kier alpha value is -3.09. The summed E-state index contributed by atoms with van der Waals surface area (Å²) in [4.78, 5) is 12.5. The number of carbonyl (C=O) groups is 1. The Morgan fingerprint density at radius 2 is 1.96 bits per heavy atom. The fourth-order valence-corrected chi connectivity index (χ4v) is 3.49. The Morgan fingerprint density at radius 1 is 1.11 bits per heavy atom. The molecule has 3 aromatic rings. The van der Waals surface area contributed by atoms with Crippen LogP contribution in [0.4, 0.5) is 0 Å². The summed E-state index contributed by atoms with van der Waals surface area (Å²) in [5.41, 5.74) is 4.85. The predicted molar refractivity (Wildman–Crippen MR) is 107 cm³/mol. The zero-order chi connectivity index (χ0) is 19.3. The van der Waals surface area contributed by atoms with E-state index >= 15 is 0 Å². The molecule has 1 aliphatic heterocycles. The molecule has 1 amide bonds. The monoisotopic (exact) mass is 374 g/mol. The van der Waals surface area contributed by atoms with E-state index in [9.17, 15) is 9.90 Å². The van der Waals surface area contributed by atoms with Gasteiger partial charge in [0, 0.05) is 30.3 Å². The Bertz CT molecular complexity index is 962. The highest BCUT2D eigenvalue weighted by atomic mass is 16.3. The summed E-state index contributed by atoms with van der Waals surface area (Å²) in [7, 11) is 0. The molecule has 28 heavy (non-hydrogen) atoms. The van der Waals surface area contributed by atoms with Crippen molar-refractivity contribution in [1.29, 1.82) is 0 Å². The van der Waals surface area contributed by atoms with Crippen LogP contribution in [0, 0.1) is 0 Å². The number of nitrogens with zero attached hydrogens (tertiary/aromatic N) is 2. The Balaban J connectivity index is 1.37. The first-order chi connectivity index (χ1) is 13.7. The molecule has 0 radical (unpaired) electrons. The molecule has 142 valence electrons. The zero-order valence-electron chi connectivity index (χ0n) is 15.4. The molecule has 0 saturated carbocycles. The van der Waals surface area contributed by atoms with Gasteiger partial charge in [-0.05, 0) is 41.3 Å². The Labute approximate surface area is 163 Å². The molecule has 2 atom stereocenters. The zero-order valence-corrected chi connectivity index (χ0v) is 15.4. The quantitative estimate of drug-likeness (QED) is 0.635. The lowest BCUT2D eigenvalue weighted by atomic mass is 9.93. The molecular weight excluding hydrogens is 352 g/mol. The second-order valence-corrected chi connectivity index (χ2v) is 6.95. The average molecular weight is 374 g/mol. The van der Waals surface area contributed by atoms with Gasteiger partial charge in [0.05, 0.1) is 18.5 Å². The van der Waals surface area contributed by atoms with Crippen molar-refractivity contribution in [1.82, 2.24) is 20.8 Å². The van der Waals surface area contributed by atoms with Gasteiger partial charge in [-0.15, -0.1) is 0 Å². The van der Waals surface area contributed by atoms with Gasteiger partial charge < -0.3 is 15.7 Å². The van der Waals surface area contributed by atoms with E-state index in [4.69, 9.17) is 0 Å². The third-order valence-corrected chi connectivity index (χ3v) is 5.09. The smallest absolute Gasteiger partial charge is 0.251 e. The molecule has 6 heteroatoms. The molecule has 0 saturated heterocycles. The van der Waals surface area contributed by atoms with Crippen molar-refractivity contribution in [2.75, 3.05) is 6.54 Å². The second-order valence-electron chi connectivity index (χ2n) is 6.95. The molecule has 1 aromatic heterocycles. The number of amides is 1. The SMILES string of the molecule is O=C(NCC(O)[C@@H]1Cc2ccccc2CN1)c1cccc(-c2ccnnc2)c1. The van der Waals surface area contributed by atoms with Gasteiger partial charge in [0.2, 0.25) is 0 Å². The molecular formula is C22H22N4O2. The topological polar surface area (TPSA) is 87.1 Å². The van der Waals surface area contributed by atoms with Gasteiger partial charge in [0.25, 0.3) is 5.91 Å². The van der Waals surface area contributed by atoms with Crippen LogP contribution in [-0.4, -0.2) is 39.9 Å². The number of hydrogen-bond acceptors (Lipinski definition) is 5. The molecule has 6 nitrogen and oxygen atoms in total. The van der Waals surface area contributed by atoms with Crippen LogP contribution < -0.4 is 10.6 Å². The molecule has 2 aromatic carbocycles. The lowest BCUT2D eigenvalue weighted by molar-refractivity contribution is 0.0870. The van der Waals surface area contributed by atoms with Gasteiger partial charge in [-0.3, -0.25) is 4.79 Å². The Morgan fingerprint density at radius 3 is 2.79 bits per heavy atom. The van der Waals surface area contributed by atoms with Gasteiger partial charge in [-0.1, -0.05) is 36.4 Å². The van der Waals surface area contributed by atoms with Gasteiger partial charge >= 0.3 is 0 Å². The molecule has 4 rings (SSSR count). The maximum atomic E-state index is 12.5. The van der Waals surface area contributed by atoms with Gasteiger partial charge in [-0.2, -0.15) is 10.2 Å². The van der Waals surface area contributed by atoms with E-state index in [1.807, 2.05) is 36.4 Å². The van der Waals surface area contributed by atoms with Crippen molar-refractivity contribution in [3.8, 4) is 11.1 Å². The number of benzene rings is 2. The molecule has 2 heterocycles. The van der Waals surface area contributed by atoms with Crippen LogP contribution in [0.25, 0.3) is 11.1 Å². The lowest BCUT2D eigenvalue weighted by Crippen LogP contribution is -2.49. The van der Waals surface area contributed by atoms with Crippen LogP contribution in [0.15, 0.2) is 67.0 Å². The van der Waals surface area contributed by atoms with Crippen molar-refractivity contribution in [2.24, 2.45) is 0 Å². The van der Waals surface area contributed by atoms with E-state index in [2.05, 4.69) is 33.0 Å². The highest BCUT2D eigenvalue weighted by molar-refractivity contribution is 5.95. The fraction of sp³-hybridized carbons (Fsp3) is 0.227. The maximum Gasteiger partial charge on any atom is 0.251 e. The summed E-state index contributed by atoms with van der Waals surface area (Å²) in [5, 5.41) is 24.4. The first-order valence-electron chi connectivity index (χ1n) is 9.34. The summed E-state index contributed by atoms with van der Waals surface area (Å²) in [6.45, 7) is 0.924. The normalized spacial score (nSPS) is 16.8. The maximum absolute atomic E-state index is 12.5. The van der Waals surface area contributed by atoms with Crippen molar-refractivity contribution >= 4 is 5.91 Å². The van der Waals surface area contributed by atoms with Crippen LogP contribution in [0.1, 0.15) is 21.5 Å². The number of aliphatic hydroxyl groups excluding tert-OH is 1. The third kappa shape index (κ3) is 4.08. The molecule has 0 bridgehead atoms.